The molecule has 0 aromatic heterocycles. The van der Waals surface area contributed by atoms with Gasteiger partial charge in [-0.1, -0.05) is 44.2 Å². The lowest BCUT2D eigenvalue weighted by Crippen LogP contribution is -2.30. The molecule has 2 N–H and O–H groups in total. The number of carbonyl (C=O) groups excluding carboxylic acids is 1. The minimum absolute atomic E-state index is 0.0615. The maximum atomic E-state index is 12.0. The molecule has 2 aromatic carbocycles. The Morgan fingerprint density at radius 3 is 2.29 bits per heavy atom. The summed E-state index contributed by atoms with van der Waals surface area (Å²) in [4.78, 5) is 12.0. The van der Waals surface area contributed by atoms with E-state index < -0.39 is 0 Å². The van der Waals surface area contributed by atoms with E-state index in [0.717, 1.165) is 17.0 Å². The Morgan fingerprint density at radius 1 is 1.00 bits per heavy atom. The van der Waals surface area contributed by atoms with Crippen LogP contribution in [0.4, 0.5) is 5.69 Å². The third kappa shape index (κ3) is 6.05. The summed E-state index contributed by atoms with van der Waals surface area (Å²) < 4.78 is 5.63. The number of benzene rings is 2. The molecule has 0 saturated carbocycles. The van der Waals surface area contributed by atoms with Gasteiger partial charge >= 0.3 is 0 Å². The number of hydrogen-bond donors (Lipinski definition) is 2. The van der Waals surface area contributed by atoms with E-state index in [0.29, 0.717) is 12.5 Å². The molecule has 1 atom stereocenters. The zero-order chi connectivity index (χ0) is 17.4. The number of anilines is 1. The Kier molecular flexibility index (Phi) is 6.82. The zero-order valence-electron chi connectivity index (χ0n) is 14.6. The van der Waals surface area contributed by atoms with Crippen molar-refractivity contribution in [3.8, 4) is 5.75 Å². The molecule has 0 spiro atoms. The highest BCUT2D eigenvalue weighted by Gasteiger charge is 2.07. The van der Waals surface area contributed by atoms with Crippen molar-refractivity contribution in [2.45, 2.75) is 26.8 Å². The average Bonchev–Trinajstić information content (AvgIpc) is 2.60. The van der Waals surface area contributed by atoms with Crippen LogP contribution < -0.4 is 15.4 Å². The number of ether oxygens (including phenoxy) is 1. The molecule has 4 heteroatoms. The lowest BCUT2D eigenvalue weighted by molar-refractivity contribution is -0.115. The number of carbonyl (C=O) groups is 1. The molecule has 0 radical (unpaired) electrons. The van der Waals surface area contributed by atoms with Crippen molar-refractivity contribution < 1.29 is 9.53 Å². The van der Waals surface area contributed by atoms with Crippen LogP contribution in [0.3, 0.4) is 0 Å². The molecular weight excluding hydrogens is 300 g/mol. The van der Waals surface area contributed by atoms with Crippen LogP contribution in [0, 0.1) is 5.92 Å². The van der Waals surface area contributed by atoms with E-state index in [4.69, 9.17) is 4.74 Å². The van der Waals surface area contributed by atoms with Gasteiger partial charge in [0.15, 0.2) is 0 Å². The second-order valence-corrected chi connectivity index (χ2v) is 6.29. The Hall–Kier alpha value is -2.33. The van der Waals surface area contributed by atoms with Crippen molar-refractivity contribution in [3.63, 3.8) is 0 Å². The van der Waals surface area contributed by atoms with E-state index in [1.807, 2.05) is 61.5 Å². The fourth-order valence-electron chi connectivity index (χ4n) is 2.21. The summed E-state index contributed by atoms with van der Waals surface area (Å²) in [5.74, 6) is 1.24. The molecule has 0 aliphatic carbocycles. The summed E-state index contributed by atoms with van der Waals surface area (Å²) in [6.45, 7) is 7.22. The van der Waals surface area contributed by atoms with E-state index in [9.17, 15) is 4.79 Å². The van der Waals surface area contributed by atoms with Crippen molar-refractivity contribution in [2.24, 2.45) is 5.92 Å². The molecule has 0 aliphatic heterocycles. The molecule has 1 unspecified atom stereocenters. The van der Waals surface area contributed by atoms with Gasteiger partial charge in [0.1, 0.15) is 5.75 Å². The van der Waals surface area contributed by atoms with Crippen LogP contribution >= 0.6 is 0 Å². The second kappa shape index (κ2) is 9.08. The van der Waals surface area contributed by atoms with E-state index in [1.165, 1.54) is 0 Å². The van der Waals surface area contributed by atoms with Crippen LogP contribution in [0.2, 0.25) is 0 Å². The van der Waals surface area contributed by atoms with Gasteiger partial charge in [0.2, 0.25) is 5.91 Å². The Labute approximate surface area is 144 Å². The van der Waals surface area contributed by atoms with Gasteiger partial charge in [-0.3, -0.25) is 4.79 Å². The summed E-state index contributed by atoms with van der Waals surface area (Å²) in [5.41, 5.74) is 1.93. The van der Waals surface area contributed by atoms with Crippen molar-refractivity contribution in [1.82, 2.24) is 5.32 Å². The van der Waals surface area contributed by atoms with Crippen molar-refractivity contribution >= 4 is 11.6 Å². The molecule has 0 fully saturated rings. The standard InChI is InChI=1S/C20H26N2O2/c1-15(2)14-24-19-11-9-18(10-12-19)22-20(23)13-21-16(3)17-7-5-4-6-8-17/h4-12,15-16,21H,13-14H2,1-3H3,(H,22,23). The Morgan fingerprint density at radius 2 is 1.67 bits per heavy atom. The first-order chi connectivity index (χ1) is 11.5. The van der Waals surface area contributed by atoms with Gasteiger partial charge in [-0.05, 0) is 42.7 Å². The fourth-order valence-corrected chi connectivity index (χ4v) is 2.21. The highest BCUT2D eigenvalue weighted by molar-refractivity contribution is 5.92. The van der Waals surface area contributed by atoms with E-state index in [2.05, 4.69) is 24.5 Å². The van der Waals surface area contributed by atoms with Gasteiger partial charge in [0, 0.05) is 11.7 Å². The number of rotatable bonds is 8. The molecule has 4 nitrogen and oxygen atoms in total. The topological polar surface area (TPSA) is 50.4 Å². The monoisotopic (exact) mass is 326 g/mol. The summed E-state index contributed by atoms with van der Waals surface area (Å²) in [5, 5.41) is 6.11. The SMILES string of the molecule is CC(C)COc1ccc(NC(=O)CNC(C)c2ccccc2)cc1. The van der Waals surface area contributed by atoms with Crippen LogP contribution in [-0.2, 0) is 4.79 Å². The average molecular weight is 326 g/mol. The van der Waals surface area contributed by atoms with Crippen LogP contribution in [-0.4, -0.2) is 19.1 Å². The summed E-state index contributed by atoms with van der Waals surface area (Å²) in [6, 6.07) is 17.7. The molecule has 2 rings (SSSR count). The van der Waals surface area contributed by atoms with Gasteiger partial charge < -0.3 is 15.4 Å². The fraction of sp³-hybridized carbons (Fsp3) is 0.350. The minimum atomic E-state index is -0.0615. The number of nitrogens with one attached hydrogen (secondary N) is 2. The molecule has 2 aromatic rings. The molecule has 24 heavy (non-hydrogen) atoms. The largest absolute Gasteiger partial charge is 0.493 e. The van der Waals surface area contributed by atoms with Crippen LogP contribution in [0.1, 0.15) is 32.4 Å². The molecule has 0 bridgehead atoms. The number of hydrogen-bond acceptors (Lipinski definition) is 3. The maximum absolute atomic E-state index is 12.0. The Bertz CT molecular complexity index is 624. The van der Waals surface area contributed by atoms with Crippen molar-refractivity contribution in [1.29, 1.82) is 0 Å². The summed E-state index contributed by atoms with van der Waals surface area (Å²) >= 11 is 0. The van der Waals surface area contributed by atoms with E-state index in [-0.39, 0.29) is 18.5 Å². The highest BCUT2D eigenvalue weighted by Crippen LogP contribution is 2.16. The molecule has 0 aliphatic rings. The lowest BCUT2D eigenvalue weighted by atomic mass is 10.1. The molecule has 0 saturated heterocycles. The highest BCUT2D eigenvalue weighted by atomic mass is 16.5. The first-order valence-electron chi connectivity index (χ1n) is 8.35. The van der Waals surface area contributed by atoms with Gasteiger partial charge in [-0.2, -0.15) is 0 Å². The quantitative estimate of drug-likeness (QED) is 0.770. The molecule has 0 heterocycles. The van der Waals surface area contributed by atoms with Crippen molar-refractivity contribution in [2.75, 3.05) is 18.5 Å². The predicted molar refractivity (Wildman–Crippen MR) is 98.3 cm³/mol. The minimum Gasteiger partial charge on any atom is -0.493 e. The zero-order valence-corrected chi connectivity index (χ0v) is 14.6. The van der Waals surface area contributed by atoms with Gasteiger partial charge in [-0.25, -0.2) is 0 Å². The van der Waals surface area contributed by atoms with E-state index in [1.54, 1.807) is 0 Å². The first kappa shape index (κ1) is 18.0. The number of amides is 1. The predicted octanol–water partition coefficient (Wildman–Crippen LogP) is 4.01. The third-order valence-electron chi connectivity index (χ3n) is 3.59. The second-order valence-electron chi connectivity index (χ2n) is 6.29. The van der Waals surface area contributed by atoms with Crippen LogP contribution in [0.5, 0.6) is 5.75 Å². The van der Waals surface area contributed by atoms with Gasteiger partial charge in [0.25, 0.3) is 0 Å². The van der Waals surface area contributed by atoms with Crippen molar-refractivity contribution in [3.05, 3.63) is 60.2 Å². The first-order valence-corrected chi connectivity index (χ1v) is 8.35. The molecule has 1 amide bonds. The normalized spacial score (nSPS) is 12.0. The van der Waals surface area contributed by atoms with Gasteiger partial charge in [-0.15, -0.1) is 0 Å². The lowest BCUT2D eigenvalue weighted by Gasteiger charge is -2.14. The third-order valence-corrected chi connectivity index (χ3v) is 3.59. The van der Waals surface area contributed by atoms with Crippen LogP contribution in [0.15, 0.2) is 54.6 Å². The molecule has 128 valence electrons. The molecular formula is C20H26N2O2. The smallest absolute Gasteiger partial charge is 0.238 e. The van der Waals surface area contributed by atoms with Gasteiger partial charge in [0.05, 0.1) is 13.2 Å². The maximum Gasteiger partial charge on any atom is 0.238 e. The van der Waals surface area contributed by atoms with E-state index >= 15 is 0 Å². The summed E-state index contributed by atoms with van der Waals surface area (Å²) in [7, 11) is 0. The Balaban J connectivity index is 1.77. The summed E-state index contributed by atoms with van der Waals surface area (Å²) in [6.07, 6.45) is 0. The van der Waals surface area contributed by atoms with Crippen LogP contribution in [0.25, 0.3) is 0 Å².